The van der Waals surface area contributed by atoms with Gasteiger partial charge in [0.2, 0.25) is 5.95 Å². The first-order valence-corrected chi connectivity index (χ1v) is 6.63. The number of hydrogen-bond acceptors (Lipinski definition) is 7. The Morgan fingerprint density at radius 1 is 1.27 bits per heavy atom. The number of rotatable bonds is 3. The predicted octanol–water partition coefficient (Wildman–Crippen LogP) is 1.14. The van der Waals surface area contributed by atoms with Crippen molar-refractivity contribution in [1.29, 1.82) is 0 Å². The van der Waals surface area contributed by atoms with Crippen LogP contribution < -0.4 is 10.1 Å². The van der Waals surface area contributed by atoms with E-state index in [9.17, 15) is 4.79 Å². The number of hydrogen-bond donors (Lipinski definition) is 1. The molecule has 1 aliphatic heterocycles. The molecule has 0 saturated carbocycles. The zero-order valence-electron chi connectivity index (χ0n) is 12.4. The van der Waals surface area contributed by atoms with Gasteiger partial charge in [-0.25, -0.2) is 4.79 Å². The van der Waals surface area contributed by atoms with Gasteiger partial charge in [0.05, 0.1) is 19.8 Å². The topological polar surface area (TPSA) is 91.2 Å². The average molecular weight is 301 g/mol. The minimum atomic E-state index is -0.454. The molecule has 0 spiro atoms. The van der Waals surface area contributed by atoms with Crippen LogP contribution >= 0.6 is 0 Å². The summed E-state index contributed by atoms with van der Waals surface area (Å²) >= 11 is 0. The van der Waals surface area contributed by atoms with Gasteiger partial charge in [-0.1, -0.05) is 17.2 Å². The van der Waals surface area contributed by atoms with E-state index < -0.39 is 12.0 Å². The fourth-order valence-corrected chi connectivity index (χ4v) is 2.48. The first-order valence-electron chi connectivity index (χ1n) is 6.63. The summed E-state index contributed by atoms with van der Waals surface area (Å²) in [5.74, 6) is 0.785. The highest BCUT2D eigenvalue weighted by molar-refractivity contribution is 5.92. The highest BCUT2D eigenvalue weighted by Gasteiger charge is 2.34. The van der Waals surface area contributed by atoms with Crippen LogP contribution in [0.4, 0.5) is 5.95 Å². The number of anilines is 1. The molecule has 1 aliphatic rings. The van der Waals surface area contributed by atoms with Crippen LogP contribution in [-0.2, 0) is 9.53 Å². The Hall–Kier alpha value is -2.90. The second-order valence-electron chi connectivity index (χ2n) is 4.78. The molecule has 0 fully saturated rings. The zero-order chi connectivity index (χ0) is 15.7. The lowest BCUT2D eigenvalue weighted by Crippen LogP contribution is -2.29. The molecule has 0 saturated heterocycles. The average Bonchev–Trinajstić information content (AvgIpc) is 3.00. The Bertz CT molecular complexity index is 735. The SMILES string of the molecule is COC(=O)C1=C(C)Nc2nnnn2[C@H]1c1ccc(OC)cc1. The molecule has 22 heavy (non-hydrogen) atoms. The first-order chi connectivity index (χ1) is 10.7. The smallest absolute Gasteiger partial charge is 0.338 e. The van der Waals surface area contributed by atoms with Crippen LogP contribution in [0.5, 0.6) is 5.75 Å². The fraction of sp³-hybridized carbons (Fsp3) is 0.286. The third-order valence-electron chi connectivity index (χ3n) is 3.55. The number of fused-ring (bicyclic) bond motifs is 1. The molecular formula is C14H15N5O3. The van der Waals surface area contributed by atoms with E-state index in [-0.39, 0.29) is 0 Å². The summed E-state index contributed by atoms with van der Waals surface area (Å²) in [5, 5.41) is 14.6. The number of aromatic nitrogens is 4. The lowest BCUT2D eigenvalue weighted by Gasteiger charge is -2.27. The summed E-state index contributed by atoms with van der Waals surface area (Å²) in [6.07, 6.45) is 0. The van der Waals surface area contributed by atoms with Gasteiger partial charge in [-0.3, -0.25) is 0 Å². The monoisotopic (exact) mass is 301 g/mol. The van der Waals surface area contributed by atoms with Gasteiger partial charge in [0.1, 0.15) is 11.8 Å². The largest absolute Gasteiger partial charge is 0.497 e. The number of esters is 1. The van der Waals surface area contributed by atoms with Crippen LogP contribution in [0.25, 0.3) is 0 Å². The Balaban J connectivity index is 2.13. The maximum Gasteiger partial charge on any atom is 0.338 e. The highest BCUT2D eigenvalue weighted by atomic mass is 16.5. The molecule has 0 amide bonds. The van der Waals surface area contributed by atoms with Crippen molar-refractivity contribution in [2.75, 3.05) is 19.5 Å². The molecule has 0 radical (unpaired) electrons. The van der Waals surface area contributed by atoms with E-state index >= 15 is 0 Å². The number of ether oxygens (including phenoxy) is 2. The molecule has 1 aromatic carbocycles. The van der Waals surface area contributed by atoms with E-state index in [4.69, 9.17) is 9.47 Å². The molecule has 3 rings (SSSR count). The normalized spacial score (nSPS) is 16.8. The Kier molecular flexibility index (Phi) is 3.50. The summed E-state index contributed by atoms with van der Waals surface area (Å²) in [7, 11) is 2.95. The summed E-state index contributed by atoms with van der Waals surface area (Å²) < 4.78 is 11.6. The van der Waals surface area contributed by atoms with E-state index in [1.165, 1.54) is 7.11 Å². The van der Waals surface area contributed by atoms with Crippen molar-refractivity contribution in [2.24, 2.45) is 0 Å². The number of nitrogens with one attached hydrogen (secondary N) is 1. The van der Waals surface area contributed by atoms with E-state index in [1.54, 1.807) is 18.7 Å². The molecule has 8 heteroatoms. The van der Waals surface area contributed by atoms with Crippen molar-refractivity contribution in [1.82, 2.24) is 20.2 Å². The number of nitrogens with zero attached hydrogens (tertiary/aromatic N) is 4. The summed E-state index contributed by atoms with van der Waals surface area (Å²) in [4.78, 5) is 12.2. The quantitative estimate of drug-likeness (QED) is 0.850. The molecule has 0 aliphatic carbocycles. The van der Waals surface area contributed by atoms with E-state index in [0.29, 0.717) is 17.2 Å². The standard InChI is InChI=1S/C14H15N5O3/c1-8-11(13(20)22-3)12(19-14(15-8)16-17-18-19)9-4-6-10(21-2)7-5-9/h4-7,12H,1-3H3,(H,15,16,18)/t12-/m0/s1. The van der Waals surface area contributed by atoms with Crippen molar-refractivity contribution in [3.8, 4) is 5.75 Å². The van der Waals surface area contributed by atoms with Gasteiger partial charge in [-0.15, -0.1) is 0 Å². The van der Waals surface area contributed by atoms with Crippen LogP contribution in [0, 0.1) is 0 Å². The minimum Gasteiger partial charge on any atom is -0.497 e. The number of allylic oxidation sites excluding steroid dienone is 1. The Morgan fingerprint density at radius 2 is 2.00 bits per heavy atom. The molecule has 0 unspecified atom stereocenters. The zero-order valence-corrected chi connectivity index (χ0v) is 12.4. The Morgan fingerprint density at radius 3 is 2.64 bits per heavy atom. The third-order valence-corrected chi connectivity index (χ3v) is 3.55. The summed E-state index contributed by atoms with van der Waals surface area (Å²) in [6.45, 7) is 1.79. The van der Waals surface area contributed by atoms with Crippen LogP contribution in [0.3, 0.4) is 0 Å². The molecule has 1 atom stereocenters. The van der Waals surface area contributed by atoms with Crippen molar-refractivity contribution >= 4 is 11.9 Å². The molecular weight excluding hydrogens is 286 g/mol. The fourth-order valence-electron chi connectivity index (χ4n) is 2.48. The van der Waals surface area contributed by atoms with Crippen molar-refractivity contribution in [2.45, 2.75) is 13.0 Å². The molecule has 1 aromatic heterocycles. The second-order valence-corrected chi connectivity index (χ2v) is 4.78. The van der Waals surface area contributed by atoms with Crippen LogP contribution in [0.1, 0.15) is 18.5 Å². The predicted molar refractivity (Wildman–Crippen MR) is 77.3 cm³/mol. The number of methoxy groups -OCH3 is 2. The maximum atomic E-state index is 12.2. The number of benzene rings is 1. The Labute approximate surface area is 126 Å². The van der Waals surface area contributed by atoms with Crippen molar-refractivity contribution in [3.05, 3.63) is 41.1 Å². The second kappa shape index (κ2) is 5.47. The van der Waals surface area contributed by atoms with Gasteiger partial charge < -0.3 is 14.8 Å². The van der Waals surface area contributed by atoms with Crippen molar-refractivity contribution in [3.63, 3.8) is 0 Å². The van der Waals surface area contributed by atoms with Gasteiger partial charge in [-0.2, -0.15) is 4.68 Å². The van der Waals surface area contributed by atoms with E-state index in [0.717, 1.165) is 11.3 Å². The third kappa shape index (κ3) is 2.18. The molecule has 2 aromatic rings. The maximum absolute atomic E-state index is 12.2. The first kappa shape index (κ1) is 14.1. The number of carbonyl (C=O) groups excluding carboxylic acids is 1. The molecule has 0 bridgehead atoms. The molecule has 1 N–H and O–H groups in total. The lowest BCUT2D eigenvalue weighted by molar-refractivity contribution is -0.136. The molecule has 2 heterocycles. The molecule has 8 nitrogen and oxygen atoms in total. The number of tetrazole rings is 1. The van der Waals surface area contributed by atoms with E-state index in [1.807, 2.05) is 24.3 Å². The van der Waals surface area contributed by atoms with E-state index in [2.05, 4.69) is 20.8 Å². The lowest BCUT2D eigenvalue weighted by atomic mass is 9.96. The number of carbonyl (C=O) groups is 1. The highest BCUT2D eigenvalue weighted by Crippen LogP contribution is 2.35. The summed E-state index contributed by atoms with van der Waals surface area (Å²) in [5.41, 5.74) is 1.98. The minimum absolute atomic E-state index is 0.424. The van der Waals surface area contributed by atoms with Gasteiger partial charge in [0.25, 0.3) is 0 Å². The van der Waals surface area contributed by atoms with Crippen molar-refractivity contribution < 1.29 is 14.3 Å². The molecule has 114 valence electrons. The van der Waals surface area contributed by atoms with Crippen LogP contribution in [-0.4, -0.2) is 40.4 Å². The van der Waals surface area contributed by atoms with Crippen LogP contribution in [0.15, 0.2) is 35.5 Å². The van der Waals surface area contributed by atoms with Gasteiger partial charge >= 0.3 is 5.97 Å². The van der Waals surface area contributed by atoms with Crippen LogP contribution in [0.2, 0.25) is 0 Å². The van der Waals surface area contributed by atoms with Gasteiger partial charge in [0.15, 0.2) is 0 Å². The summed E-state index contributed by atoms with van der Waals surface area (Å²) in [6, 6.07) is 6.94. The van der Waals surface area contributed by atoms with Gasteiger partial charge in [-0.05, 0) is 35.0 Å². The van der Waals surface area contributed by atoms with Gasteiger partial charge in [0, 0.05) is 5.70 Å².